The van der Waals surface area contributed by atoms with Crippen LogP contribution in [0.15, 0.2) is 53.4 Å². The van der Waals surface area contributed by atoms with Crippen LogP contribution in [-0.4, -0.2) is 34.7 Å². The Balaban J connectivity index is 1.39. The van der Waals surface area contributed by atoms with Gasteiger partial charge in [-0.1, -0.05) is 75.9 Å². The zero-order valence-corrected chi connectivity index (χ0v) is 22.7. The quantitative estimate of drug-likeness (QED) is 0.260. The Kier molecular flexibility index (Phi) is 9.90. The Morgan fingerprint density at radius 2 is 1.47 bits per heavy atom. The Bertz CT molecular complexity index is 984. The lowest BCUT2D eigenvalue weighted by atomic mass is 10.0. The molecule has 1 unspecified atom stereocenters. The zero-order valence-electron chi connectivity index (χ0n) is 21.9. The van der Waals surface area contributed by atoms with E-state index in [0.717, 1.165) is 29.9 Å². The predicted molar refractivity (Wildman–Crippen MR) is 150 cm³/mol. The molecular formula is C31H41N3OS. The van der Waals surface area contributed by atoms with Gasteiger partial charge in [0.05, 0.1) is 11.3 Å². The van der Waals surface area contributed by atoms with Crippen molar-refractivity contribution in [1.29, 1.82) is 5.26 Å². The number of nitrogens with zero attached hydrogens (tertiary/aromatic N) is 2. The Labute approximate surface area is 221 Å². The van der Waals surface area contributed by atoms with Crippen LogP contribution in [0, 0.1) is 17.2 Å². The lowest BCUT2D eigenvalue weighted by molar-refractivity contribution is -0.120. The van der Waals surface area contributed by atoms with E-state index in [-0.39, 0.29) is 17.7 Å². The summed E-state index contributed by atoms with van der Waals surface area (Å²) in [6.07, 6.45) is 11.8. The number of amides is 1. The molecule has 4 rings (SSSR count). The molecule has 0 aromatic heterocycles. The van der Waals surface area contributed by atoms with Gasteiger partial charge in [0.1, 0.15) is 6.54 Å². The average Bonchev–Trinajstić information content (AvgIpc) is 3.61. The third-order valence-corrected chi connectivity index (χ3v) is 8.93. The predicted octanol–water partition coefficient (Wildman–Crippen LogP) is 7.19. The molecule has 2 aromatic carbocycles. The molecule has 0 heterocycles. The minimum absolute atomic E-state index is 0.0563. The van der Waals surface area contributed by atoms with Gasteiger partial charge in [-0.2, -0.15) is 5.26 Å². The first-order chi connectivity index (χ1) is 17.5. The van der Waals surface area contributed by atoms with Crippen molar-refractivity contribution in [2.75, 3.05) is 6.54 Å². The van der Waals surface area contributed by atoms with Gasteiger partial charge in [0.15, 0.2) is 0 Å². The van der Waals surface area contributed by atoms with Crippen molar-refractivity contribution >= 4 is 17.7 Å². The molecule has 2 aromatic rings. The van der Waals surface area contributed by atoms with Crippen molar-refractivity contribution < 1.29 is 4.79 Å². The number of nitrogens with one attached hydrogen (secondary N) is 1. The fourth-order valence-electron chi connectivity index (χ4n) is 5.81. The molecule has 0 spiro atoms. The maximum Gasteiger partial charge on any atom is 0.234 e. The highest BCUT2D eigenvalue weighted by atomic mass is 32.2. The molecule has 0 saturated heterocycles. The summed E-state index contributed by atoms with van der Waals surface area (Å²) in [7, 11) is 0. The van der Waals surface area contributed by atoms with Gasteiger partial charge in [0.25, 0.3) is 0 Å². The Hall–Kier alpha value is -2.29. The van der Waals surface area contributed by atoms with Crippen LogP contribution in [0.5, 0.6) is 0 Å². The first-order valence-electron chi connectivity index (χ1n) is 13.8. The molecule has 192 valence electrons. The van der Waals surface area contributed by atoms with Crippen LogP contribution in [0.4, 0.5) is 0 Å². The van der Waals surface area contributed by atoms with Crippen molar-refractivity contribution in [1.82, 2.24) is 10.2 Å². The second kappa shape index (κ2) is 13.3. The molecule has 1 amide bonds. The maximum atomic E-state index is 12.5. The van der Waals surface area contributed by atoms with E-state index in [4.69, 9.17) is 5.26 Å². The minimum atomic E-state index is -0.189. The standard InChI is InChI=1S/C31H41N3OS/c1-23(2)21-30(31(35)33-20-19-32)36-29-17-15-26(16-18-29)25-13-11-24(12-14-25)22-34(27-7-3-4-8-27)28-9-5-6-10-28/h11-18,23,27-28,30H,3-10,20-22H2,1-2H3,(H,33,35). The molecular weight excluding hydrogens is 462 g/mol. The number of hydrogen-bond acceptors (Lipinski definition) is 4. The SMILES string of the molecule is CC(C)CC(Sc1ccc(-c2ccc(CN(C3CCCC3)C3CCCC3)cc2)cc1)C(=O)NCC#N. The molecule has 1 atom stereocenters. The van der Waals surface area contributed by atoms with Gasteiger partial charge in [-0.15, -0.1) is 11.8 Å². The summed E-state index contributed by atoms with van der Waals surface area (Å²) < 4.78 is 0. The summed E-state index contributed by atoms with van der Waals surface area (Å²) in [6, 6.07) is 21.2. The van der Waals surface area contributed by atoms with Crippen LogP contribution >= 0.6 is 11.8 Å². The summed E-state index contributed by atoms with van der Waals surface area (Å²) in [5.74, 6) is 0.352. The van der Waals surface area contributed by atoms with Gasteiger partial charge < -0.3 is 5.32 Å². The largest absolute Gasteiger partial charge is 0.342 e. The molecule has 2 aliphatic rings. The molecule has 0 radical (unpaired) electrons. The number of nitriles is 1. The highest BCUT2D eigenvalue weighted by Gasteiger charge is 2.30. The number of carbonyl (C=O) groups is 1. The molecule has 0 aliphatic heterocycles. The third-order valence-electron chi connectivity index (χ3n) is 7.69. The summed E-state index contributed by atoms with van der Waals surface area (Å²) >= 11 is 1.59. The van der Waals surface area contributed by atoms with E-state index in [9.17, 15) is 4.79 Å². The van der Waals surface area contributed by atoms with E-state index in [1.165, 1.54) is 68.1 Å². The highest BCUT2D eigenvalue weighted by Crippen LogP contribution is 2.34. The number of carbonyl (C=O) groups excluding carboxylic acids is 1. The van der Waals surface area contributed by atoms with Crippen molar-refractivity contribution in [3.05, 3.63) is 54.1 Å². The molecule has 0 bridgehead atoms. The van der Waals surface area contributed by atoms with Gasteiger partial charge >= 0.3 is 0 Å². The van der Waals surface area contributed by atoms with Crippen LogP contribution in [0.1, 0.15) is 77.2 Å². The highest BCUT2D eigenvalue weighted by molar-refractivity contribution is 8.00. The number of benzene rings is 2. The van der Waals surface area contributed by atoms with E-state index in [0.29, 0.717) is 5.92 Å². The zero-order chi connectivity index (χ0) is 25.3. The summed E-state index contributed by atoms with van der Waals surface area (Å²) in [5, 5.41) is 11.3. The van der Waals surface area contributed by atoms with Crippen molar-refractivity contribution in [2.24, 2.45) is 5.92 Å². The summed E-state index contributed by atoms with van der Waals surface area (Å²) in [6.45, 7) is 5.38. The third kappa shape index (κ3) is 7.37. The second-order valence-electron chi connectivity index (χ2n) is 10.9. The van der Waals surface area contributed by atoms with E-state index in [2.05, 4.69) is 72.6 Å². The molecule has 4 nitrogen and oxygen atoms in total. The van der Waals surface area contributed by atoms with Gasteiger partial charge in [-0.25, -0.2) is 0 Å². The van der Waals surface area contributed by atoms with Crippen LogP contribution in [-0.2, 0) is 11.3 Å². The Morgan fingerprint density at radius 3 is 1.97 bits per heavy atom. The molecule has 1 N–H and O–H groups in total. The number of thioether (sulfide) groups is 1. The van der Waals surface area contributed by atoms with Gasteiger partial charge in [-0.3, -0.25) is 9.69 Å². The minimum Gasteiger partial charge on any atom is -0.342 e. The van der Waals surface area contributed by atoms with Crippen LogP contribution in [0.3, 0.4) is 0 Å². The fraction of sp³-hybridized carbons (Fsp3) is 0.548. The van der Waals surface area contributed by atoms with Crippen molar-refractivity contribution in [3.63, 3.8) is 0 Å². The van der Waals surface area contributed by atoms with E-state index >= 15 is 0 Å². The van der Waals surface area contributed by atoms with Gasteiger partial charge in [-0.05, 0) is 66.8 Å². The second-order valence-corrected chi connectivity index (χ2v) is 12.2. The molecule has 36 heavy (non-hydrogen) atoms. The van der Waals surface area contributed by atoms with Crippen molar-refractivity contribution in [3.8, 4) is 17.2 Å². The molecule has 2 fully saturated rings. The van der Waals surface area contributed by atoms with E-state index in [1.807, 2.05) is 6.07 Å². The smallest absolute Gasteiger partial charge is 0.234 e. The fourth-order valence-corrected chi connectivity index (χ4v) is 7.10. The normalized spacial score (nSPS) is 17.5. The topological polar surface area (TPSA) is 56.1 Å². The number of hydrogen-bond donors (Lipinski definition) is 1. The lowest BCUT2D eigenvalue weighted by Gasteiger charge is -2.34. The lowest BCUT2D eigenvalue weighted by Crippen LogP contribution is -2.40. The van der Waals surface area contributed by atoms with Crippen LogP contribution < -0.4 is 5.32 Å². The monoisotopic (exact) mass is 503 g/mol. The summed E-state index contributed by atoms with van der Waals surface area (Å²) in [4.78, 5) is 16.4. The summed E-state index contributed by atoms with van der Waals surface area (Å²) in [5.41, 5.74) is 3.85. The molecule has 2 aliphatic carbocycles. The van der Waals surface area contributed by atoms with Crippen LogP contribution in [0.25, 0.3) is 11.1 Å². The molecule has 5 heteroatoms. The maximum absolute atomic E-state index is 12.5. The first-order valence-corrected chi connectivity index (χ1v) is 14.7. The average molecular weight is 504 g/mol. The van der Waals surface area contributed by atoms with Crippen molar-refractivity contribution in [2.45, 2.75) is 100 Å². The Morgan fingerprint density at radius 1 is 0.944 bits per heavy atom. The van der Waals surface area contributed by atoms with Crippen LogP contribution in [0.2, 0.25) is 0 Å². The number of rotatable bonds is 11. The van der Waals surface area contributed by atoms with Gasteiger partial charge in [0, 0.05) is 23.5 Å². The van der Waals surface area contributed by atoms with E-state index in [1.54, 1.807) is 11.8 Å². The first kappa shape index (κ1) is 26.8. The van der Waals surface area contributed by atoms with Gasteiger partial charge in [0.2, 0.25) is 5.91 Å². The molecule has 2 saturated carbocycles. The van der Waals surface area contributed by atoms with E-state index < -0.39 is 0 Å².